The van der Waals surface area contributed by atoms with Gasteiger partial charge in [0, 0.05) is 22.9 Å². The Balaban J connectivity index is 2.49. The first-order chi connectivity index (χ1) is 8.65. The Morgan fingerprint density at radius 2 is 2.17 bits per heavy atom. The van der Waals surface area contributed by atoms with Gasteiger partial charge >= 0.3 is 0 Å². The third-order valence-electron chi connectivity index (χ3n) is 2.77. The van der Waals surface area contributed by atoms with Crippen LogP contribution in [-0.2, 0) is 0 Å². The summed E-state index contributed by atoms with van der Waals surface area (Å²) < 4.78 is 0.942. The van der Waals surface area contributed by atoms with Crippen LogP contribution in [0, 0.1) is 0 Å². The quantitative estimate of drug-likeness (QED) is 0.933. The molecule has 1 N–H and O–H groups in total. The molecule has 1 heterocycles. The molecule has 0 fully saturated rings. The van der Waals surface area contributed by atoms with Crippen LogP contribution >= 0.6 is 27.5 Å². The van der Waals surface area contributed by atoms with Crippen LogP contribution < -0.4 is 4.90 Å². The van der Waals surface area contributed by atoms with Crippen LogP contribution in [-0.4, -0.2) is 29.8 Å². The van der Waals surface area contributed by atoms with Crippen molar-refractivity contribution < 1.29 is 5.11 Å². The maximum absolute atomic E-state index is 9.03. The molecule has 0 aliphatic rings. The Hall–Kier alpha value is -0.840. The molecule has 0 radical (unpaired) electrons. The predicted molar refractivity (Wildman–Crippen MR) is 79.4 cm³/mol. The normalized spacial score (nSPS) is 10.9. The lowest BCUT2D eigenvalue weighted by Gasteiger charge is -2.21. The van der Waals surface area contributed by atoms with Crippen LogP contribution in [0.1, 0.15) is 6.92 Å². The maximum Gasteiger partial charge on any atom is 0.129 e. The number of pyridine rings is 1. The number of likely N-dealkylation sites (N-methyl/N-ethyl adjacent to an activating group) is 1. The third-order valence-corrected chi connectivity index (χ3v) is 3.52. The Labute approximate surface area is 120 Å². The SMILES string of the molecule is CCN(CCO)c1ccc2cc(Br)cc(Cl)c2n1. The number of nitrogens with zero attached hydrogens (tertiary/aromatic N) is 2. The molecule has 1 aromatic heterocycles. The van der Waals surface area contributed by atoms with Crippen LogP contribution in [0.15, 0.2) is 28.7 Å². The molecule has 0 amide bonds. The smallest absolute Gasteiger partial charge is 0.129 e. The Kier molecular flexibility index (Phi) is 4.43. The van der Waals surface area contributed by atoms with Crippen molar-refractivity contribution in [3.8, 4) is 0 Å². The minimum Gasteiger partial charge on any atom is -0.395 e. The van der Waals surface area contributed by atoms with E-state index >= 15 is 0 Å². The average Bonchev–Trinajstić information content (AvgIpc) is 2.35. The van der Waals surface area contributed by atoms with E-state index in [2.05, 4.69) is 20.9 Å². The average molecular weight is 330 g/mol. The second kappa shape index (κ2) is 5.87. The van der Waals surface area contributed by atoms with Gasteiger partial charge in [-0.2, -0.15) is 0 Å². The summed E-state index contributed by atoms with van der Waals surface area (Å²) in [6.07, 6.45) is 0. The van der Waals surface area contributed by atoms with Crippen molar-refractivity contribution in [2.75, 3.05) is 24.6 Å². The lowest BCUT2D eigenvalue weighted by atomic mass is 10.2. The van der Waals surface area contributed by atoms with Gasteiger partial charge in [0.25, 0.3) is 0 Å². The zero-order valence-electron chi connectivity index (χ0n) is 10.0. The summed E-state index contributed by atoms with van der Waals surface area (Å²) in [5.41, 5.74) is 0.786. The fourth-order valence-corrected chi connectivity index (χ4v) is 2.75. The van der Waals surface area contributed by atoms with Crippen molar-refractivity contribution in [3.63, 3.8) is 0 Å². The van der Waals surface area contributed by atoms with E-state index in [4.69, 9.17) is 16.7 Å². The van der Waals surface area contributed by atoms with Gasteiger partial charge in [-0.3, -0.25) is 0 Å². The second-order valence-corrected chi connectivity index (χ2v) is 5.25. The molecule has 96 valence electrons. The van der Waals surface area contributed by atoms with Crippen molar-refractivity contribution in [3.05, 3.63) is 33.8 Å². The van der Waals surface area contributed by atoms with Gasteiger partial charge < -0.3 is 10.0 Å². The third kappa shape index (κ3) is 2.76. The van der Waals surface area contributed by atoms with Crippen molar-refractivity contribution >= 4 is 44.3 Å². The molecule has 5 heteroatoms. The number of aliphatic hydroxyl groups excluding tert-OH is 1. The first kappa shape index (κ1) is 13.6. The molecule has 0 aliphatic carbocycles. The minimum absolute atomic E-state index is 0.113. The molecule has 0 saturated carbocycles. The first-order valence-electron chi connectivity index (χ1n) is 5.77. The van der Waals surface area contributed by atoms with E-state index < -0.39 is 0 Å². The number of hydrogen-bond donors (Lipinski definition) is 1. The van der Waals surface area contributed by atoms with E-state index in [1.54, 1.807) is 0 Å². The van der Waals surface area contributed by atoms with Crippen molar-refractivity contribution in [1.82, 2.24) is 4.98 Å². The fourth-order valence-electron chi connectivity index (χ4n) is 1.88. The minimum atomic E-state index is 0.113. The van der Waals surface area contributed by atoms with Crippen LogP contribution in [0.3, 0.4) is 0 Å². The van der Waals surface area contributed by atoms with Gasteiger partial charge in [-0.15, -0.1) is 0 Å². The summed E-state index contributed by atoms with van der Waals surface area (Å²) in [5, 5.41) is 10.7. The van der Waals surface area contributed by atoms with Gasteiger partial charge in [0.2, 0.25) is 0 Å². The molecular weight excluding hydrogens is 316 g/mol. The molecule has 0 atom stereocenters. The molecule has 0 spiro atoms. The van der Waals surface area contributed by atoms with Gasteiger partial charge in [-0.05, 0) is 31.2 Å². The lowest BCUT2D eigenvalue weighted by Crippen LogP contribution is -2.26. The molecule has 1 aromatic carbocycles. The van der Waals surface area contributed by atoms with Gasteiger partial charge in [0.1, 0.15) is 5.82 Å². The second-order valence-electron chi connectivity index (χ2n) is 3.93. The van der Waals surface area contributed by atoms with Gasteiger partial charge in [0.05, 0.1) is 17.1 Å². The largest absolute Gasteiger partial charge is 0.395 e. The highest BCUT2D eigenvalue weighted by Gasteiger charge is 2.08. The molecule has 0 saturated heterocycles. The maximum atomic E-state index is 9.03. The highest BCUT2D eigenvalue weighted by Crippen LogP contribution is 2.28. The van der Waals surface area contributed by atoms with Gasteiger partial charge in [-0.25, -0.2) is 4.98 Å². The number of aromatic nitrogens is 1. The first-order valence-corrected chi connectivity index (χ1v) is 6.94. The summed E-state index contributed by atoms with van der Waals surface area (Å²) in [6.45, 7) is 3.52. The van der Waals surface area contributed by atoms with Crippen LogP contribution in [0.25, 0.3) is 10.9 Å². The van der Waals surface area contributed by atoms with E-state index in [1.807, 2.05) is 36.1 Å². The van der Waals surface area contributed by atoms with E-state index in [9.17, 15) is 0 Å². The van der Waals surface area contributed by atoms with Crippen molar-refractivity contribution in [2.45, 2.75) is 6.92 Å². The molecule has 18 heavy (non-hydrogen) atoms. The predicted octanol–water partition coefficient (Wildman–Crippen LogP) is 3.47. The van der Waals surface area contributed by atoms with Gasteiger partial charge in [-0.1, -0.05) is 27.5 Å². The van der Waals surface area contributed by atoms with E-state index in [1.165, 1.54) is 0 Å². The number of anilines is 1. The van der Waals surface area contributed by atoms with Crippen molar-refractivity contribution in [1.29, 1.82) is 0 Å². The fraction of sp³-hybridized carbons (Fsp3) is 0.308. The number of rotatable bonds is 4. The molecule has 0 unspecified atom stereocenters. The van der Waals surface area contributed by atoms with E-state index in [0.29, 0.717) is 11.6 Å². The monoisotopic (exact) mass is 328 g/mol. The summed E-state index contributed by atoms with van der Waals surface area (Å²) >= 11 is 9.61. The van der Waals surface area contributed by atoms with Gasteiger partial charge in [0.15, 0.2) is 0 Å². The Morgan fingerprint density at radius 3 is 2.83 bits per heavy atom. The zero-order chi connectivity index (χ0) is 13.1. The molecular formula is C13H14BrClN2O. The molecule has 3 nitrogen and oxygen atoms in total. The molecule has 2 aromatic rings. The topological polar surface area (TPSA) is 36.4 Å². The summed E-state index contributed by atoms with van der Waals surface area (Å²) in [4.78, 5) is 6.58. The molecule has 0 bridgehead atoms. The lowest BCUT2D eigenvalue weighted by molar-refractivity contribution is 0.302. The van der Waals surface area contributed by atoms with Crippen LogP contribution in [0.5, 0.6) is 0 Å². The van der Waals surface area contributed by atoms with E-state index in [-0.39, 0.29) is 6.61 Å². The molecule has 2 rings (SSSR count). The number of aliphatic hydroxyl groups is 1. The highest BCUT2D eigenvalue weighted by atomic mass is 79.9. The Bertz CT molecular complexity index is 562. The van der Waals surface area contributed by atoms with Crippen molar-refractivity contribution in [2.24, 2.45) is 0 Å². The number of hydrogen-bond acceptors (Lipinski definition) is 3. The van der Waals surface area contributed by atoms with Crippen LogP contribution in [0.2, 0.25) is 5.02 Å². The highest BCUT2D eigenvalue weighted by molar-refractivity contribution is 9.10. The standard InChI is InChI=1S/C13H14BrClN2O/c1-2-17(5-6-18)12-4-3-9-7-10(14)8-11(15)13(9)16-12/h3-4,7-8,18H,2,5-6H2,1H3. The number of halogens is 2. The van der Waals surface area contributed by atoms with E-state index in [0.717, 1.165) is 27.7 Å². The number of fused-ring (bicyclic) bond motifs is 1. The molecule has 0 aliphatic heterocycles. The zero-order valence-corrected chi connectivity index (χ0v) is 12.4. The summed E-state index contributed by atoms with van der Waals surface area (Å²) in [6, 6.07) is 7.77. The summed E-state index contributed by atoms with van der Waals surface area (Å²) in [7, 11) is 0. The van der Waals surface area contributed by atoms with Crippen LogP contribution in [0.4, 0.5) is 5.82 Å². The summed E-state index contributed by atoms with van der Waals surface area (Å²) in [5.74, 6) is 0.836. The number of benzene rings is 1. The Morgan fingerprint density at radius 1 is 1.39 bits per heavy atom.